The van der Waals surface area contributed by atoms with Crippen LogP contribution >= 0.6 is 11.5 Å². The first-order valence-electron chi connectivity index (χ1n) is 7.00. The van der Waals surface area contributed by atoms with Crippen LogP contribution in [0, 0.1) is 13.8 Å². The fourth-order valence-corrected chi connectivity index (χ4v) is 2.36. The zero-order valence-electron chi connectivity index (χ0n) is 12.8. The van der Waals surface area contributed by atoms with Crippen molar-refractivity contribution >= 4 is 29.2 Å². The summed E-state index contributed by atoms with van der Waals surface area (Å²) < 4.78 is 3.75. The average molecular weight is 321 g/mol. The minimum absolute atomic E-state index is 0.151. The van der Waals surface area contributed by atoms with Crippen LogP contribution in [0.3, 0.4) is 0 Å². The van der Waals surface area contributed by atoms with Gasteiger partial charge in [-0.05, 0) is 32.3 Å². The Kier molecular flexibility index (Phi) is 5.59. The Balaban J connectivity index is 1.81. The first-order valence-corrected chi connectivity index (χ1v) is 7.78. The Labute approximate surface area is 132 Å². The standard InChI is InChI=1S/C13H19N7OS/c1-4-14-13-17-8(2)7-10(18-13)15-5-6-16-12(21)11-9(3)19-20-22-11/h7H,4-6H2,1-3H3,(H,16,21)(H2,14,15,17,18). The molecule has 0 saturated heterocycles. The first kappa shape index (κ1) is 16.1. The van der Waals surface area contributed by atoms with E-state index in [2.05, 4.69) is 35.5 Å². The van der Waals surface area contributed by atoms with Crippen LogP contribution in [-0.4, -0.2) is 45.1 Å². The fourth-order valence-electron chi connectivity index (χ4n) is 1.78. The van der Waals surface area contributed by atoms with Crippen LogP contribution in [0.1, 0.15) is 28.0 Å². The third kappa shape index (κ3) is 4.35. The SMILES string of the molecule is CCNc1nc(C)cc(NCCNC(=O)c2snnc2C)n1. The van der Waals surface area contributed by atoms with Crippen molar-refractivity contribution in [2.45, 2.75) is 20.8 Å². The lowest BCUT2D eigenvalue weighted by atomic mass is 10.4. The van der Waals surface area contributed by atoms with Gasteiger partial charge in [0.05, 0.1) is 5.69 Å². The van der Waals surface area contributed by atoms with Crippen molar-refractivity contribution in [3.63, 3.8) is 0 Å². The summed E-state index contributed by atoms with van der Waals surface area (Å²) in [6, 6.07) is 1.86. The van der Waals surface area contributed by atoms with Crippen molar-refractivity contribution in [3.8, 4) is 0 Å². The van der Waals surface area contributed by atoms with E-state index in [1.807, 2.05) is 19.9 Å². The second kappa shape index (κ2) is 7.64. The minimum atomic E-state index is -0.151. The van der Waals surface area contributed by atoms with Gasteiger partial charge in [-0.1, -0.05) is 4.49 Å². The Morgan fingerprint density at radius 3 is 2.73 bits per heavy atom. The number of nitrogens with one attached hydrogen (secondary N) is 3. The van der Waals surface area contributed by atoms with E-state index in [-0.39, 0.29) is 5.91 Å². The molecular weight excluding hydrogens is 302 g/mol. The predicted octanol–water partition coefficient (Wildman–Crippen LogP) is 1.22. The first-order chi connectivity index (χ1) is 10.6. The Morgan fingerprint density at radius 1 is 1.23 bits per heavy atom. The molecule has 9 heteroatoms. The zero-order valence-corrected chi connectivity index (χ0v) is 13.6. The third-order valence-corrected chi connectivity index (χ3v) is 3.59. The molecule has 0 spiro atoms. The molecule has 0 aliphatic carbocycles. The van der Waals surface area contributed by atoms with E-state index in [1.54, 1.807) is 6.92 Å². The van der Waals surface area contributed by atoms with Crippen molar-refractivity contribution in [2.75, 3.05) is 30.3 Å². The molecule has 0 aromatic carbocycles. The van der Waals surface area contributed by atoms with Crippen molar-refractivity contribution in [1.29, 1.82) is 0 Å². The molecule has 0 aliphatic rings. The van der Waals surface area contributed by atoms with Crippen molar-refractivity contribution in [3.05, 3.63) is 22.3 Å². The van der Waals surface area contributed by atoms with E-state index in [0.717, 1.165) is 29.6 Å². The Hall–Kier alpha value is -2.29. The monoisotopic (exact) mass is 321 g/mol. The molecule has 2 rings (SSSR count). The number of anilines is 2. The molecule has 0 fully saturated rings. The maximum Gasteiger partial charge on any atom is 0.265 e. The van der Waals surface area contributed by atoms with Gasteiger partial charge in [0.25, 0.3) is 5.91 Å². The highest BCUT2D eigenvalue weighted by molar-refractivity contribution is 7.07. The average Bonchev–Trinajstić information content (AvgIpc) is 2.89. The second-order valence-electron chi connectivity index (χ2n) is 4.62. The quantitative estimate of drug-likeness (QED) is 0.658. The number of carbonyl (C=O) groups is 1. The molecule has 1 amide bonds. The third-order valence-electron chi connectivity index (χ3n) is 2.76. The highest BCUT2D eigenvalue weighted by Gasteiger charge is 2.12. The van der Waals surface area contributed by atoms with Crippen LogP contribution in [0.4, 0.5) is 11.8 Å². The van der Waals surface area contributed by atoms with Crippen LogP contribution in [-0.2, 0) is 0 Å². The van der Waals surface area contributed by atoms with Gasteiger partial charge in [-0.3, -0.25) is 4.79 Å². The van der Waals surface area contributed by atoms with Crippen molar-refractivity contribution < 1.29 is 4.79 Å². The second-order valence-corrected chi connectivity index (χ2v) is 5.37. The summed E-state index contributed by atoms with van der Waals surface area (Å²) >= 11 is 1.10. The maximum absolute atomic E-state index is 11.9. The normalized spacial score (nSPS) is 10.3. The lowest BCUT2D eigenvalue weighted by Gasteiger charge is -2.09. The summed E-state index contributed by atoms with van der Waals surface area (Å²) in [6.07, 6.45) is 0. The van der Waals surface area contributed by atoms with Gasteiger partial charge in [-0.2, -0.15) is 4.98 Å². The molecule has 0 aliphatic heterocycles. The van der Waals surface area contributed by atoms with E-state index < -0.39 is 0 Å². The topological polar surface area (TPSA) is 105 Å². The smallest absolute Gasteiger partial charge is 0.265 e. The van der Waals surface area contributed by atoms with Gasteiger partial charge in [-0.25, -0.2) is 4.98 Å². The zero-order chi connectivity index (χ0) is 15.9. The van der Waals surface area contributed by atoms with E-state index in [9.17, 15) is 4.79 Å². The van der Waals surface area contributed by atoms with Gasteiger partial charge in [-0.15, -0.1) is 5.10 Å². The van der Waals surface area contributed by atoms with Crippen LogP contribution in [0.5, 0.6) is 0 Å². The largest absolute Gasteiger partial charge is 0.368 e. The van der Waals surface area contributed by atoms with Crippen LogP contribution in [0.25, 0.3) is 0 Å². The van der Waals surface area contributed by atoms with E-state index in [1.165, 1.54) is 0 Å². The number of rotatable bonds is 7. The lowest BCUT2D eigenvalue weighted by molar-refractivity contribution is 0.0958. The molecule has 2 heterocycles. The predicted molar refractivity (Wildman–Crippen MR) is 86.4 cm³/mol. The Bertz CT molecular complexity index is 643. The number of aromatic nitrogens is 4. The van der Waals surface area contributed by atoms with E-state index in [4.69, 9.17) is 0 Å². The van der Waals surface area contributed by atoms with Gasteiger partial charge in [0, 0.05) is 31.4 Å². The molecule has 2 aromatic rings. The summed E-state index contributed by atoms with van der Waals surface area (Å²) in [7, 11) is 0. The van der Waals surface area contributed by atoms with Crippen molar-refractivity contribution in [2.24, 2.45) is 0 Å². The molecule has 0 atom stereocenters. The van der Waals surface area contributed by atoms with Crippen molar-refractivity contribution in [1.82, 2.24) is 24.9 Å². The molecule has 2 aromatic heterocycles. The fraction of sp³-hybridized carbons (Fsp3) is 0.462. The number of carbonyl (C=O) groups excluding carboxylic acids is 1. The van der Waals surface area contributed by atoms with Crippen LogP contribution in [0.15, 0.2) is 6.07 Å². The molecule has 118 valence electrons. The van der Waals surface area contributed by atoms with E-state index >= 15 is 0 Å². The molecule has 0 radical (unpaired) electrons. The maximum atomic E-state index is 11.9. The number of aryl methyl sites for hydroxylation is 2. The lowest BCUT2D eigenvalue weighted by Crippen LogP contribution is -2.28. The number of nitrogens with zero attached hydrogens (tertiary/aromatic N) is 4. The van der Waals surface area contributed by atoms with E-state index in [0.29, 0.717) is 29.6 Å². The van der Waals surface area contributed by atoms with Gasteiger partial charge in [0.1, 0.15) is 10.7 Å². The summed E-state index contributed by atoms with van der Waals surface area (Å²) in [6.45, 7) is 7.48. The summed E-state index contributed by atoms with van der Waals surface area (Å²) in [5, 5.41) is 12.9. The number of hydrogen-bond donors (Lipinski definition) is 3. The molecule has 0 unspecified atom stereocenters. The summed E-state index contributed by atoms with van der Waals surface area (Å²) in [5.41, 5.74) is 1.53. The van der Waals surface area contributed by atoms with Gasteiger partial charge < -0.3 is 16.0 Å². The highest BCUT2D eigenvalue weighted by atomic mass is 32.1. The van der Waals surface area contributed by atoms with Gasteiger partial charge >= 0.3 is 0 Å². The highest BCUT2D eigenvalue weighted by Crippen LogP contribution is 2.09. The molecule has 0 bridgehead atoms. The van der Waals surface area contributed by atoms with Crippen LogP contribution in [0.2, 0.25) is 0 Å². The molecule has 3 N–H and O–H groups in total. The van der Waals surface area contributed by atoms with Crippen LogP contribution < -0.4 is 16.0 Å². The summed E-state index contributed by atoms with van der Waals surface area (Å²) in [5.74, 6) is 1.18. The summed E-state index contributed by atoms with van der Waals surface area (Å²) in [4.78, 5) is 21.1. The molecule has 0 saturated carbocycles. The number of amides is 1. The molecule has 8 nitrogen and oxygen atoms in total. The van der Waals surface area contributed by atoms with Gasteiger partial charge in [0.15, 0.2) is 0 Å². The molecule has 22 heavy (non-hydrogen) atoms. The minimum Gasteiger partial charge on any atom is -0.368 e. The number of hydrogen-bond acceptors (Lipinski definition) is 8. The Morgan fingerprint density at radius 2 is 2.05 bits per heavy atom. The van der Waals surface area contributed by atoms with Gasteiger partial charge in [0.2, 0.25) is 5.95 Å². The molecular formula is C13H19N7OS.